The summed E-state index contributed by atoms with van der Waals surface area (Å²) in [4.78, 5) is 14.3. The fourth-order valence-electron chi connectivity index (χ4n) is 3.32. The van der Waals surface area contributed by atoms with E-state index in [4.69, 9.17) is 9.47 Å². The number of hydrogen-bond acceptors (Lipinski definition) is 4. The molecule has 0 unspecified atom stereocenters. The second-order valence-electron chi connectivity index (χ2n) is 7.30. The van der Waals surface area contributed by atoms with Gasteiger partial charge in [-0.15, -0.1) is 0 Å². The summed E-state index contributed by atoms with van der Waals surface area (Å²) in [5.74, 6) is 0.839. The van der Waals surface area contributed by atoms with Crippen LogP contribution < -0.4 is 10.1 Å². The maximum atomic E-state index is 11.9. The molecular formula is C22H36N2O3. The number of piperidine rings is 1. The Morgan fingerprint density at radius 2 is 1.70 bits per heavy atom. The van der Waals surface area contributed by atoms with Crippen molar-refractivity contribution in [1.29, 1.82) is 0 Å². The molecule has 1 N–H and O–H groups in total. The first kappa shape index (κ1) is 21.5. The van der Waals surface area contributed by atoms with Crippen molar-refractivity contribution in [2.75, 3.05) is 38.2 Å². The van der Waals surface area contributed by atoms with Crippen LogP contribution in [0.4, 0.5) is 10.5 Å². The quantitative estimate of drug-likeness (QED) is 0.492. The monoisotopic (exact) mass is 376 g/mol. The largest absolute Gasteiger partial charge is 0.494 e. The SMILES string of the molecule is CCCCCCCOc1ccc(NC(=O)OCCCN2CCCCC2)cc1. The zero-order valence-electron chi connectivity index (χ0n) is 16.9. The second kappa shape index (κ2) is 13.4. The molecule has 27 heavy (non-hydrogen) atoms. The number of carbonyl (C=O) groups excluding carboxylic acids is 1. The Hall–Kier alpha value is -1.75. The Bertz CT molecular complexity index is 513. The Labute approximate surface area is 164 Å². The highest BCUT2D eigenvalue weighted by Gasteiger charge is 2.10. The average Bonchev–Trinajstić information content (AvgIpc) is 2.70. The van der Waals surface area contributed by atoms with Crippen LogP contribution in [0.2, 0.25) is 0 Å². The van der Waals surface area contributed by atoms with E-state index in [0.717, 1.165) is 37.4 Å². The third-order valence-corrected chi connectivity index (χ3v) is 4.92. The van der Waals surface area contributed by atoms with E-state index in [1.807, 2.05) is 24.3 Å². The van der Waals surface area contributed by atoms with Crippen LogP contribution in [0.5, 0.6) is 5.75 Å². The molecule has 0 aliphatic carbocycles. The van der Waals surface area contributed by atoms with Crippen LogP contribution in [-0.4, -0.2) is 43.8 Å². The molecule has 1 heterocycles. The van der Waals surface area contributed by atoms with Gasteiger partial charge in [0.2, 0.25) is 0 Å². The van der Waals surface area contributed by atoms with Crippen molar-refractivity contribution in [2.45, 2.75) is 64.7 Å². The summed E-state index contributed by atoms with van der Waals surface area (Å²) in [6, 6.07) is 7.47. The number of likely N-dealkylation sites (tertiary alicyclic amines) is 1. The van der Waals surface area contributed by atoms with Gasteiger partial charge < -0.3 is 14.4 Å². The number of unbranched alkanes of at least 4 members (excludes halogenated alkanes) is 4. The van der Waals surface area contributed by atoms with Gasteiger partial charge in [-0.1, -0.05) is 39.0 Å². The van der Waals surface area contributed by atoms with E-state index in [-0.39, 0.29) is 0 Å². The normalized spacial score (nSPS) is 14.7. The summed E-state index contributed by atoms with van der Waals surface area (Å²) < 4.78 is 11.0. The summed E-state index contributed by atoms with van der Waals surface area (Å²) in [7, 11) is 0. The zero-order valence-corrected chi connectivity index (χ0v) is 16.9. The molecule has 2 rings (SSSR count). The molecule has 1 aliphatic rings. The number of nitrogens with zero attached hydrogens (tertiary/aromatic N) is 1. The summed E-state index contributed by atoms with van der Waals surface area (Å²) in [6.07, 6.45) is 10.6. The van der Waals surface area contributed by atoms with E-state index < -0.39 is 6.09 Å². The van der Waals surface area contributed by atoms with Crippen LogP contribution >= 0.6 is 0 Å². The lowest BCUT2D eigenvalue weighted by Crippen LogP contribution is -2.31. The van der Waals surface area contributed by atoms with Gasteiger partial charge in [0.15, 0.2) is 0 Å². The summed E-state index contributed by atoms with van der Waals surface area (Å²) in [5, 5.41) is 2.77. The van der Waals surface area contributed by atoms with Crippen molar-refractivity contribution < 1.29 is 14.3 Å². The second-order valence-corrected chi connectivity index (χ2v) is 7.30. The smallest absolute Gasteiger partial charge is 0.411 e. The number of anilines is 1. The van der Waals surface area contributed by atoms with Gasteiger partial charge in [0.25, 0.3) is 0 Å². The van der Waals surface area contributed by atoms with Gasteiger partial charge in [-0.25, -0.2) is 4.79 Å². The molecule has 5 heteroatoms. The van der Waals surface area contributed by atoms with Gasteiger partial charge in [-0.2, -0.15) is 0 Å². The first-order valence-electron chi connectivity index (χ1n) is 10.7. The molecule has 0 aromatic heterocycles. The average molecular weight is 377 g/mol. The van der Waals surface area contributed by atoms with E-state index in [1.54, 1.807) is 0 Å². The molecule has 0 saturated carbocycles. The third-order valence-electron chi connectivity index (χ3n) is 4.92. The van der Waals surface area contributed by atoms with Gasteiger partial charge in [0, 0.05) is 12.2 Å². The van der Waals surface area contributed by atoms with Crippen LogP contribution in [0.25, 0.3) is 0 Å². The van der Waals surface area contributed by atoms with Crippen LogP contribution in [-0.2, 0) is 4.74 Å². The number of carbonyl (C=O) groups is 1. The first-order chi connectivity index (χ1) is 13.3. The molecule has 5 nitrogen and oxygen atoms in total. The van der Waals surface area contributed by atoms with Crippen molar-refractivity contribution in [3.63, 3.8) is 0 Å². The van der Waals surface area contributed by atoms with Gasteiger partial charge in [-0.05, 0) is 63.0 Å². The number of nitrogens with one attached hydrogen (secondary N) is 1. The number of hydrogen-bond donors (Lipinski definition) is 1. The molecule has 1 amide bonds. The minimum absolute atomic E-state index is 0.391. The summed E-state index contributed by atoms with van der Waals surface area (Å²) >= 11 is 0. The minimum Gasteiger partial charge on any atom is -0.494 e. The Kier molecular flexibility index (Phi) is 10.7. The van der Waals surface area contributed by atoms with Gasteiger partial charge in [0.05, 0.1) is 13.2 Å². The number of benzene rings is 1. The molecule has 1 aromatic rings. The Morgan fingerprint density at radius 3 is 2.44 bits per heavy atom. The third kappa shape index (κ3) is 9.66. The summed E-state index contributed by atoms with van der Waals surface area (Å²) in [5.41, 5.74) is 0.728. The molecule has 1 aromatic carbocycles. The van der Waals surface area contributed by atoms with Crippen LogP contribution in [0.1, 0.15) is 64.7 Å². The zero-order chi connectivity index (χ0) is 19.2. The topological polar surface area (TPSA) is 50.8 Å². The first-order valence-corrected chi connectivity index (χ1v) is 10.7. The van der Waals surface area contributed by atoms with E-state index in [1.165, 1.54) is 58.0 Å². The molecule has 1 aliphatic heterocycles. The Balaban J connectivity index is 1.54. The maximum absolute atomic E-state index is 11.9. The molecule has 1 saturated heterocycles. The molecule has 0 spiro atoms. The molecular weight excluding hydrogens is 340 g/mol. The number of amides is 1. The lowest BCUT2D eigenvalue weighted by Gasteiger charge is -2.26. The molecule has 152 valence electrons. The highest BCUT2D eigenvalue weighted by molar-refractivity contribution is 5.84. The fraction of sp³-hybridized carbons (Fsp3) is 0.682. The lowest BCUT2D eigenvalue weighted by atomic mass is 10.1. The van der Waals surface area contributed by atoms with E-state index in [0.29, 0.717) is 6.61 Å². The highest BCUT2D eigenvalue weighted by atomic mass is 16.5. The van der Waals surface area contributed by atoms with Gasteiger partial charge in [0.1, 0.15) is 5.75 Å². The van der Waals surface area contributed by atoms with Crippen molar-refractivity contribution in [2.24, 2.45) is 0 Å². The van der Waals surface area contributed by atoms with Crippen molar-refractivity contribution in [1.82, 2.24) is 4.90 Å². The van der Waals surface area contributed by atoms with Gasteiger partial charge in [-0.3, -0.25) is 5.32 Å². The number of rotatable bonds is 12. The van der Waals surface area contributed by atoms with E-state index in [9.17, 15) is 4.79 Å². The van der Waals surface area contributed by atoms with E-state index in [2.05, 4.69) is 17.1 Å². The van der Waals surface area contributed by atoms with Crippen LogP contribution in [0.15, 0.2) is 24.3 Å². The Morgan fingerprint density at radius 1 is 0.963 bits per heavy atom. The van der Waals surface area contributed by atoms with Gasteiger partial charge >= 0.3 is 6.09 Å². The van der Waals surface area contributed by atoms with Crippen molar-refractivity contribution in [3.8, 4) is 5.75 Å². The maximum Gasteiger partial charge on any atom is 0.411 e. The highest BCUT2D eigenvalue weighted by Crippen LogP contribution is 2.16. The summed E-state index contributed by atoms with van der Waals surface area (Å²) in [6.45, 7) is 6.80. The standard InChI is InChI=1S/C22H36N2O3/c1-2-3-4-5-9-18-26-21-13-11-20(12-14-21)23-22(25)27-19-10-17-24-15-7-6-8-16-24/h11-14H,2-10,15-19H2,1H3,(H,23,25). The fourth-order valence-corrected chi connectivity index (χ4v) is 3.32. The van der Waals surface area contributed by atoms with Crippen LogP contribution in [0.3, 0.4) is 0 Å². The predicted octanol–water partition coefficient (Wildman–Crippen LogP) is 5.46. The molecule has 0 bridgehead atoms. The van der Waals surface area contributed by atoms with Crippen molar-refractivity contribution >= 4 is 11.8 Å². The van der Waals surface area contributed by atoms with Crippen molar-refractivity contribution in [3.05, 3.63) is 24.3 Å². The molecule has 0 radical (unpaired) electrons. The predicted molar refractivity (Wildman–Crippen MR) is 111 cm³/mol. The lowest BCUT2D eigenvalue weighted by molar-refractivity contribution is 0.148. The molecule has 1 fully saturated rings. The molecule has 0 atom stereocenters. The number of ether oxygens (including phenoxy) is 2. The van der Waals surface area contributed by atoms with Crippen LogP contribution in [0, 0.1) is 0 Å². The van der Waals surface area contributed by atoms with E-state index >= 15 is 0 Å². The minimum atomic E-state index is -0.391.